The summed E-state index contributed by atoms with van der Waals surface area (Å²) in [7, 11) is 3.20. The summed E-state index contributed by atoms with van der Waals surface area (Å²) in [5, 5.41) is 2.98. The summed E-state index contributed by atoms with van der Waals surface area (Å²) in [6.07, 6.45) is 5.68. The van der Waals surface area contributed by atoms with Crippen molar-refractivity contribution in [1.82, 2.24) is 0 Å². The molecule has 0 radical (unpaired) electrons. The lowest BCUT2D eigenvalue weighted by Crippen LogP contribution is -2.15. The third kappa shape index (κ3) is 3.60. The Bertz CT molecular complexity index is 916. The molecule has 2 aromatic rings. The molecule has 27 heavy (non-hydrogen) atoms. The van der Waals surface area contributed by atoms with Gasteiger partial charge in [-0.15, -0.1) is 23.1 Å². The average Bonchev–Trinajstić information content (AvgIpc) is 3.04. The fraction of sp³-hybridized carbons (Fsp3) is 0.381. The third-order valence-electron chi connectivity index (χ3n) is 5.17. The molecular formula is C21H23NO3S2. The minimum Gasteiger partial charge on any atom is -0.497 e. The number of nitrogens with one attached hydrogen (secondary N) is 1. The Morgan fingerprint density at radius 3 is 2.85 bits per heavy atom. The van der Waals surface area contributed by atoms with Crippen LogP contribution >= 0.6 is 23.1 Å². The second-order valence-corrected chi connectivity index (χ2v) is 9.17. The van der Waals surface area contributed by atoms with Crippen LogP contribution in [-0.4, -0.2) is 20.1 Å². The van der Waals surface area contributed by atoms with Crippen LogP contribution in [0.25, 0.3) is 6.08 Å². The van der Waals surface area contributed by atoms with Crippen LogP contribution < -0.4 is 14.8 Å². The van der Waals surface area contributed by atoms with E-state index in [2.05, 4.69) is 18.3 Å². The topological polar surface area (TPSA) is 47.6 Å². The Balaban J connectivity index is 1.58. The molecule has 1 atom stereocenters. The second-order valence-electron chi connectivity index (χ2n) is 7.01. The molecule has 1 aliphatic heterocycles. The van der Waals surface area contributed by atoms with Gasteiger partial charge in [-0.2, -0.15) is 0 Å². The highest BCUT2D eigenvalue weighted by molar-refractivity contribution is 8.03. The van der Waals surface area contributed by atoms with E-state index in [9.17, 15) is 4.79 Å². The number of amides is 1. The molecule has 1 N–H and O–H groups in total. The molecule has 4 nitrogen and oxygen atoms in total. The van der Waals surface area contributed by atoms with E-state index in [-0.39, 0.29) is 5.91 Å². The SMILES string of the molecule is COc1ccc(OC)c(NC(=O)C2=Cc3sc4c(c3CS2)CC[C@H](C)C4)c1. The van der Waals surface area contributed by atoms with Crippen molar-refractivity contribution in [2.75, 3.05) is 19.5 Å². The number of ether oxygens (including phenoxy) is 2. The predicted molar refractivity (Wildman–Crippen MR) is 113 cm³/mol. The summed E-state index contributed by atoms with van der Waals surface area (Å²) < 4.78 is 10.6. The zero-order chi connectivity index (χ0) is 19.0. The van der Waals surface area contributed by atoms with E-state index in [1.807, 2.05) is 17.4 Å². The van der Waals surface area contributed by atoms with Gasteiger partial charge < -0.3 is 14.8 Å². The second kappa shape index (κ2) is 7.60. The van der Waals surface area contributed by atoms with Crippen molar-refractivity contribution in [2.45, 2.75) is 31.9 Å². The molecule has 0 saturated heterocycles. The summed E-state index contributed by atoms with van der Waals surface area (Å²) in [6, 6.07) is 5.39. The number of carbonyl (C=O) groups is 1. The molecule has 0 fully saturated rings. The first-order chi connectivity index (χ1) is 13.1. The van der Waals surface area contributed by atoms with Gasteiger partial charge >= 0.3 is 0 Å². The van der Waals surface area contributed by atoms with Gasteiger partial charge in [0.15, 0.2) is 0 Å². The maximum absolute atomic E-state index is 12.8. The molecule has 1 aromatic heterocycles. The quantitative estimate of drug-likeness (QED) is 0.773. The van der Waals surface area contributed by atoms with Crippen LogP contribution in [0.2, 0.25) is 0 Å². The van der Waals surface area contributed by atoms with E-state index < -0.39 is 0 Å². The first kappa shape index (κ1) is 18.4. The predicted octanol–water partition coefficient (Wildman–Crippen LogP) is 5.12. The van der Waals surface area contributed by atoms with Crippen LogP contribution in [0.1, 0.15) is 34.2 Å². The van der Waals surface area contributed by atoms with Crippen molar-refractivity contribution in [1.29, 1.82) is 0 Å². The lowest BCUT2D eigenvalue weighted by molar-refractivity contribution is -0.112. The van der Waals surface area contributed by atoms with Gasteiger partial charge in [0, 0.05) is 21.6 Å². The number of hydrogen-bond acceptors (Lipinski definition) is 5. The highest BCUT2D eigenvalue weighted by Crippen LogP contribution is 2.44. The summed E-state index contributed by atoms with van der Waals surface area (Å²) in [5.41, 5.74) is 3.61. The number of fused-ring (bicyclic) bond motifs is 3. The van der Waals surface area contributed by atoms with Crippen molar-refractivity contribution < 1.29 is 14.3 Å². The number of thiophene rings is 1. The van der Waals surface area contributed by atoms with Gasteiger partial charge in [0.05, 0.1) is 24.8 Å². The van der Waals surface area contributed by atoms with Crippen molar-refractivity contribution in [3.8, 4) is 11.5 Å². The van der Waals surface area contributed by atoms with Gasteiger partial charge in [-0.3, -0.25) is 4.79 Å². The first-order valence-corrected chi connectivity index (χ1v) is 10.9. The minimum atomic E-state index is -0.100. The molecular weight excluding hydrogens is 378 g/mol. The zero-order valence-corrected chi connectivity index (χ0v) is 17.4. The zero-order valence-electron chi connectivity index (χ0n) is 15.8. The van der Waals surface area contributed by atoms with E-state index in [4.69, 9.17) is 9.47 Å². The molecule has 1 amide bonds. The summed E-state index contributed by atoms with van der Waals surface area (Å²) >= 11 is 3.49. The Hall–Kier alpha value is -1.92. The molecule has 4 rings (SSSR count). The smallest absolute Gasteiger partial charge is 0.262 e. The number of methoxy groups -OCH3 is 2. The highest BCUT2D eigenvalue weighted by atomic mass is 32.2. The standard InChI is InChI=1S/C21H23NO3S2/c1-12-4-6-14-15-11-26-20(10-19(15)27-18(14)8-12)21(23)22-16-9-13(24-2)5-7-17(16)25-3/h5,7,9-10,12H,4,6,8,11H2,1-3H3,(H,22,23)/t12-/m0/s1. The molecule has 2 heterocycles. The van der Waals surface area contributed by atoms with Crippen LogP contribution in [-0.2, 0) is 23.4 Å². The monoisotopic (exact) mass is 401 g/mol. The third-order valence-corrected chi connectivity index (χ3v) is 7.46. The number of carbonyl (C=O) groups excluding carboxylic acids is 1. The van der Waals surface area contributed by atoms with Crippen LogP contribution in [0.5, 0.6) is 11.5 Å². The number of anilines is 1. The average molecular weight is 402 g/mol. The molecule has 0 bridgehead atoms. The maximum Gasteiger partial charge on any atom is 0.262 e. The van der Waals surface area contributed by atoms with Crippen molar-refractivity contribution in [3.63, 3.8) is 0 Å². The maximum atomic E-state index is 12.8. The van der Waals surface area contributed by atoms with Crippen molar-refractivity contribution in [2.24, 2.45) is 5.92 Å². The van der Waals surface area contributed by atoms with Gasteiger partial charge in [0.2, 0.25) is 0 Å². The van der Waals surface area contributed by atoms with Crippen LogP contribution in [0, 0.1) is 5.92 Å². The van der Waals surface area contributed by atoms with Gasteiger partial charge in [-0.05, 0) is 54.5 Å². The highest BCUT2D eigenvalue weighted by Gasteiger charge is 2.27. The molecule has 0 saturated carbocycles. The lowest BCUT2D eigenvalue weighted by Gasteiger charge is -2.20. The van der Waals surface area contributed by atoms with E-state index in [1.54, 1.807) is 43.7 Å². The Morgan fingerprint density at radius 2 is 2.07 bits per heavy atom. The largest absolute Gasteiger partial charge is 0.497 e. The van der Waals surface area contributed by atoms with Crippen LogP contribution in [0.15, 0.2) is 23.1 Å². The lowest BCUT2D eigenvalue weighted by atomic mass is 9.88. The van der Waals surface area contributed by atoms with Crippen LogP contribution in [0.4, 0.5) is 5.69 Å². The molecule has 1 aliphatic carbocycles. The summed E-state index contributed by atoms with van der Waals surface area (Å²) in [5.74, 6) is 2.84. The van der Waals surface area contributed by atoms with Gasteiger partial charge in [-0.25, -0.2) is 0 Å². The Labute approximate surface area is 168 Å². The van der Waals surface area contributed by atoms with Gasteiger partial charge in [0.25, 0.3) is 5.91 Å². The first-order valence-electron chi connectivity index (χ1n) is 9.10. The van der Waals surface area contributed by atoms with Crippen molar-refractivity contribution in [3.05, 3.63) is 44.0 Å². The summed E-state index contributed by atoms with van der Waals surface area (Å²) in [6.45, 7) is 2.33. The van der Waals surface area contributed by atoms with Crippen molar-refractivity contribution >= 4 is 40.8 Å². The minimum absolute atomic E-state index is 0.100. The molecule has 0 unspecified atom stereocenters. The molecule has 6 heteroatoms. The number of benzene rings is 1. The van der Waals surface area contributed by atoms with Gasteiger partial charge in [0.1, 0.15) is 11.5 Å². The Kier molecular flexibility index (Phi) is 5.19. The van der Waals surface area contributed by atoms with E-state index in [0.717, 1.165) is 16.6 Å². The number of hydrogen-bond donors (Lipinski definition) is 1. The molecule has 1 aromatic carbocycles. The van der Waals surface area contributed by atoms with E-state index in [1.165, 1.54) is 34.6 Å². The van der Waals surface area contributed by atoms with E-state index in [0.29, 0.717) is 17.2 Å². The number of rotatable bonds is 4. The van der Waals surface area contributed by atoms with E-state index >= 15 is 0 Å². The fourth-order valence-corrected chi connectivity index (χ4v) is 6.31. The van der Waals surface area contributed by atoms with Gasteiger partial charge in [-0.1, -0.05) is 6.92 Å². The normalized spacial score (nSPS) is 18.2. The molecule has 0 spiro atoms. The fourth-order valence-electron chi connectivity index (χ4n) is 3.65. The Morgan fingerprint density at radius 1 is 1.22 bits per heavy atom. The number of thioether (sulfide) groups is 1. The van der Waals surface area contributed by atoms with Crippen LogP contribution in [0.3, 0.4) is 0 Å². The molecule has 142 valence electrons. The molecule has 2 aliphatic rings. The summed E-state index contributed by atoms with van der Waals surface area (Å²) in [4.78, 5) is 16.4.